The fourth-order valence-corrected chi connectivity index (χ4v) is 3.90. The first-order chi connectivity index (χ1) is 10.4. The molecule has 0 saturated carbocycles. The van der Waals surface area contributed by atoms with E-state index in [0.717, 1.165) is 31.4 Å². The molecule has 6 heteroatoms. The van der Waals surface area contributed by atoms with Gasteiger partial charge in [-0.1, -0.05) is 26.7 Å². The first-order valence-electron chi connectivity index (χ1n) is 7.98. The first kappa shape index (κ1) is 17.2. The van der Waals surface area contributed by atoms with Crippen LogP contribution in [0, 0.1) is 5.92 Å². The molecule has 1 aromatic rings. The van der Waals surface area contributed by atoms with Crippen LogP contribution < -0.4 is 10.5 Å². The van der Waals surface area contributed by atoms with Gasteiger partial charge in [-0.05, 0) is 43.4 Å². The molecule has 5 nitrogen and oxygen atoms in total. The van der Waals surface area contributed by atoms with E-state index in [9.17, 15) is 13.5 Å². The van der Waals surface area contributed by atoms with Crippen LogP contribution in [0.25, 0.3) is 0 Å². The predicted octanol–water partition coefficient (Wildman–Crippen LogP) is 2.77. The van der Waals surface area contributed by atoms with E-state index in [1.54, 1.807) is 6.07 Å². The van der Waals surface area contributed by atoms with Crippen LogP contribution in [0.5, 0.6) is 0 Å². The van der Waals surface area contributed by atoms with E-state index in [2.05, 4.69) is 19.2 Å². The Morgan fingerprint density at radius 3 is 2.50 bits per heavy atom. The third-order valence-corrected chi connectivity index (χ3v) is 5.33. The van der Waals surface area contributed by atoms with E-state index < -0.39 is 16.1 Å². The van der Waals surface area contributed by atoms with Crippen LogP contribution in [-0.2, 0) is 10.0 Å². The molecular formula is C16H26N2O3S. The third kappa shape index (κ3) is 3.80. The van der Waals surface area contributed by atoms with E-state index in [1.165, 1.54) is 12.1 Å². The summed E-state index contributed by atoms with van der Waals surface area (Å²) in [4.78, 5) is 0.0456. The molecule has 0 aromatic heterocycles. The summed E-state index contributed by atoms with van der Waals surface area (Å²) in [7, 11) is -3.75. The molecule has 0 amide bonds. The summed E-state index contributed by atoms with van der Waals surface area (Å²) in [6.45, 7) is 4.35. The fourth-order valence-electron chi connectivity index (χ4n) is 3.35. The second-order valence-electron chi connectivity index (χ2n) is 6.13. The Morgan fingerprint density at radius 1 is 1.32 bits per heavy atom. The number of anilines is 1. The summed E-state index contributed by atoms with van der Waals surface area (Å²) in [5.41, 5.74) is 1.43. The molecule has 0 fully saturated rings. The van der Waals surface area contributed by atoms with Gasteiger partial charge in [0.1, 0.15) is 0 Å². The molecule has 0 saturated heterocycles. The maximum Gasteiger partial charge on any atom is 0.238 e. The Morgan fingerprint density at radius 2 is 1.95 bits per heavy atom. The van der Waals surface area contributed by atoms with Crippen LogP contribution in [0.15, 0.2) is 23.1 Å². The van der Waals surface area contributed by atoms with Crippen LogP contribution >= 0.6 is 0 Å². The summed E-state index contributed by atoms with van der Waals surface area (Å²) < 4.78 is 22.9. The summed E-state index contributed by atoms with van der Waals surface area (Å²) in [6.07, 6.45) is 4.45. The number of aliphatic hydroxyl groups excluding tert-OH is 1. The van der Waals surface area contributed by atoms with Crippen molar-refractivity contribution in [1.29, 1.82) is 0 Å². The molecular weight excluding hydrogens is 300 g/mol. The van der Waals surface area contributed by atoms with Gasteiger partial charge in [0.25, 0.3) is 0 Å². The van der Waals surface area contributed by atoms with Gasteiger partial charge in [0.2, 0.25) is 10.0 Å². The summed E-state index contributed by atoms with van der Waals surface area (Å²) >= 11 is 0. The zero-order chi connectivity index (χ0) is 16.3. The smallest absolute Gasteiger partial charge is 0.238 e. The van der Waals surface area contributed by atoms with E-state index in [-0.39, 0.29) is 10.9 Å². The summed E-state index contributed by atoms with van der Waals surface area (Å²) in [5, 5.41) is 19.1. The number of rotatable bonds is 6. The summed E-state index contributed by atoms with van der Waals surface area (Å²) in [6, 6.07) is 4.90. The Balaban J connectivity index is 2.27. The van der Waals surface area contributed by atoms with Crippen molar-refractivity contribution in [2.24, 2.45) is 11.1 Å². The van der Waals surface area contributed by atoms with E-state index in [0.29, 0.717) is 17.9 Å². The number of primary sulfonamides is 1. The molecule has 4 N–H and O–H groups in total. The number of hydrogen-bond donors (Lipinski definition) is 3. The van der Waals surface area contributed by atoms with Crippen LogP contribution in [0.2, 0.25) is 0 Å². The minimum atomic E-state index is -3.75. The second kappa shape index (κ2) is 6.98. The molecule has 0 aliphatic carbocycles. The number of hydrogen-bond acceptors (Lipinski definition) is 4. The van der Waals surface area contributed by atoms with Crippen molar-refractivity contribution in [2.45, 2.75) is 63.0 Å². The second-order valence-corrected chi connectivity index (χ2v) is 7.70. The highest BCUT2D eigenvalue weighted by atomic mass is 32.2. The van der Waals surface area contributed by atoms with Gasteiger partial charge in [0.05, 0.1) is 11.0 Å². The lowest BCUT2D eigenvalue weighted by Crippen LogP contribution is -2.35. The van der Waals surface area contributed by atoms with Crippen molar-refractivity contribution in [1.82, 2.24) is 0 Å². The predicted molar refractivity (Wildman–Crippen MR) is 88.1 cm³/mol. The number of nitrogens with one attached hydrogen (secondary N) is 1. The molecule has 1 aromatic carbocycles. The highest BCUT2D eigenvalue weighted by molar-refractivity contribution is 7.89. The van der Waals surface area contributed by atoms with Gasteiger partial charge < -0.3 is 10.4 Å². The number of nitrogens with two attached hydrogens (primary N) is 1. The van der Waals surface area contributed by atoms with Crippen LogP contribution in [0.1, 0.15) is 57.6 Å². The molecule has 1 heterocycles. The number of sulfonamides is 1. The van der Waals surface area contributed by atoms with Crippen molar-refractivity contribution in [2.75, 3.05) is 5.32 Å². The van der Waals surface area contributed by atoms with E-state index in [4.69, 9.17) is 5.14 Å². The maximum atomic E-state index is 11.4. The van der Waals surface area contributed by atoms with Crippen molar-refractivity contribution < 1.29 is 13.5 Å². The van der Waals surface area contributed by atoms with Crippen LogP contribution in [0.4, 0.5) is 5.69 Å². The Bertz CT molecular complexity index is 610. The lowest BCUT2D eigenvalue weighted by molar-refractivity contribution is 0.141. The van der Waals surface area contributed by atoms with Crippen LogP contribution in [-0.4, -0.2) is 19.6 Å². The van der Waals surface area contributed by atoms with E-state index in [1.807, 2.05) is 0 Å². The molecule has 0 radical (unpaired) electrons. The zero-order valence-electron chi connectivity index (χ0n) is 13.2. The number of benzene rings is 1. The lowest BCUT2D eigenvalue weighted by Gasteiger charge is -2.36. The average Bonchev–Trinajstić information content (AvgIpc) is 2.45. The van der Waals surface area contributed by atoms with Crippen molar-refractivity contribution >= 4 is 15.7 Å². The van der Waals surface area contributed by atoms with Gasteiger partial charge in [0, 0.05) is 17.3 Å². The molecule has 124 valence electrons. The first-order valence-corrected chi connectivity index (χ1v) is 9.52. The average molecular weight is 326 g/mol. The Hall–Kier alpha value is -1.11. The normalized spacial score (nSPS) is 21.5. The van der Waals surface area contributed by atoms with Crippen molar-refractivity contribution in [3.63, 3.8) is 0 Å². The molecule has 0 spiro atoms. The number of fused-ring (bicyclic) bond motifs is 1. The quantitative estimate of drug-likeness (QED) is 0.749. The molecule has 2 unspecified atom stereocenters. The highest BCUT2D eigenvalue weighted by Crippen LogP contribution is 2.37. The van der Waals surface area contributed by atoms with Gasteiger partial charge in [0.15, 0.2) is 0 Å². The lowest BCUT2D eigenvalue weighted by atomic mass is 9.83. The fraction of sp³-hybridized carbons (Fsp3) is 0.625. The minimum Gasteiger partial charge on any atom is -0.388 e. The minimum absolute atomic E-state index is 0.0456. The maximum absolute atomic E-state index is 11.4. The largest absolute Gasteiger partial charge is 0.388 e. The van der Waals surface area contributed by atoms with Crippen molar-refractivity contribution in [3.05, 3.63) is 23.8 Å². The van der Waals surface area contributed by atoms with E-state index >= 15 is 0 Å². The molecule has 2 rings (SSSR count). The topological polar surface area (TPSA) is 92.4 Å². The zero-order valence-corrected chi connectivity index (χ0v) is 14.1. The Labute approximate surface area is 133 Å². The molecule has 2 atom stereocenters. The van der Waals surface area contributed by atoms with Gasteiger partial charge in [-0.2, -0.15) is 0 Å². The standard InChI is InChI=1S/C16H26N2O3S/c1-3-5-11(6-4-2)15-10-16(19)13-9-12(22(17,20)21)7-8-14(13)18-15/h7-9,11,15-16,18-19H,3-6,10H2,1-2H3,(H2,17,20,21). The Kier molecular flexibility index (Phi) is 5.47. The molecule has 1 aliphatic heterocycles. The molecule has 22 heavy (non-hydrogen) atoms. The summed E-state index contributed by atoms with van der Waals surface area (Å²) in [5.74, 6) is 0.524. The highest BCUT2D eigenvalue weighted by Gasteiger charge is 2.30. The molecule has 0 bridgehead atoms. The van der Waals surface area contributed by atoms with Crippen LogP contribution in [0.3, 0.4) is 0 Å². The van der Waals surface area contributed by atoms with Gasteiger partial charge >= 0.3 is 0 Å². The van der Waals surface area contributed by atoms with Crippen molar-refractivity contribution in [3.8, 4) is 0 Å². The SMILES string of the molecule is CCCC(CCC)C1CC(O)c2cc(S(N)(=O)=O)ccc2N1. The third-order valence-electron chi connectivity index (χ3n) is 4.42. The van der Waals surface area contributed by atoms with Gasteiger partial charge in [-0.3, -0.25) is 0 Å². The van der Waals surface area contributed by atoms with Gasteiger partial charge in [-0.25, -0.2) is 13.6 Å². The number of aliphatic hydroxyl groups is 1. The monoisotopic (exact) mass is 326 g/mol. The molecule has 1 aliphatic rings. The van der Waals surface area contributed by atoms with Gasteiger partial charge in [-0.15, -0.1) is 0 Å².